The van der Waals surface area contributed by atoms with Crippen LogP contribution in [0.4, 0.5) is 0 Å². The van der Waals surface area contributed by atoms with Gasteiger partial charge in [0.1, 0.15) is 0 Å². The smallest absolute Gasteiger partial charge is 0.303 e. The van der Waals surface area contributed by atoms with Gasteiger partial charge in [-0.25, -0.2) is 0 Å². The van der Waals surface area contributed by atoms with Crippen LogP contribution in [0.2, 0.25) is 0 Å². The first-order valence-electron chi connectivity index (χ1n) is 8.64. The molecule has 0 saturated carbocycles. The van der Waals surface area contributed by atoms with Gasteiger partial charge >= 0.3 is 5.97 Å². The van der Waals surface area contributed by atoms with Crippen LogP contribution in [0.5, 0.6) is 0 Å². The fraction of sp³-hybridized carbons (Fsp3) is 0.833. The largest absolute Gasteiger partial charge is 0.481 e. The van der Waals surface area contributed by atoms with Crippen LogP contribution in [0.1, 0.15) is 96.8 Å². The van der Waals surface area contributed by atoms with Crippen LogP contribution in [-0.4, -0.2) is 34.7 Å². The average molecular weight is 410 g/mol. The van der Waals surface area contributed by atoms with Gasteiger partial charge in [0.15, 0.2) is 0 Å². The minimum absolute atomic E-state index is 0. The molecule has 0 atom stereocenters. The van der Waals surface area contributed by atoms with Crippen molar-refractivity contribution in [3.63, 3.8) is 0 Å². The molecule has 0 amide bonds. The second-order valence-corrected chi connectivity index (χ2v) is 5.73. The van der Waals surface area contributed by atoms with Gasteiger partial charge in [-0.15, -0.1) is 0 Å². The van der Waals surface area contributed by atoms with Crippen molar-refractivity contribution in [2.24, 2.45) is 0 Å². The van der Waals surface area contributed by atoms with Crippen molar-refractivity contribution in [2.45, 2.75) is 96.8 Å². The molecule has 124 valence electrons. The minimum atomic E-state index is -0.664. The second kappa shape index (κ2) is 20.0. The van der Waals surface area contributed by atoms with Crippen molar-refractivity contribution in [1.29, 1.82) is 0 Å². The van der Waals surface area contributed by atoms with Crippen molar-refractivity contribution >= 4 is 29.6 Å². The number of aliphatic carboxylic acids is 1. The van der Waals surface area contributed by atoms with Crippen LogP contribution >= 0.6 is 0 Å². The molecule has 0 aliphatic rings. The van der Waals surface area contributed by atoms with E-state index in [4.69, 9.17) is 5.11 Å². The third kappa shape index (κ3) is 22.4. The Hall–Kier alpha value is -0.000390. The molecular weight excluding hydrogens is 376 g/mol. The average Bonchev–Trinajstić information content (AvgIpc) is 2.43. The van der Waals surface area contributed by atoms with Gasteiger partial charge in [-0.05, 0) is 32.1 Å². The third-order valence-electron chi connectivity index (χ3n) is 3.65. The summed E-state index contributed by atoms with van der Waals surface area (Å²) in [6.45, 7) is 2.26. The molecule has 0 heterocycles. The van der Waals surface area contributed by atoms with Crippen molar-refractivity contribution in [3.05, 3.63) is 12.2 Å². The number of carbonyl (C=O) groups is 1. The fourth-order valence-electron chi connectivity index (χ4n) is 2.35. The summed E-state index contributed by atoms with van der Waals surface area (Å²) in [5, 5.41) is 8.51. The van der Waals surface area contributed by atoms with E-state index in [1.807, 2.05) is 0 Å². The summed E-state index contributed by atoms with van der Waals surface area (Å²) in [7, 11) is 0. The molecule has 2 nitrogen and oxygen atoms in total. The molecule has 0 aliphatic carbocycles. The quantitative estimate of drug-likeness (QED) is 0.213. The molecule has 0 aromatic heterocycles. The maximum absolute atomic E-state index is 10.3. The number of allylic oxidation sites excluding steroid dienone is 2. The van der Waals surface area contributed by atoms with E-state index < -0.39 is 5.97 Å². The Morgan fingerprint density at radius 1 is 0.762 bits per heavy atom. The van der Waals surface area contributed by atoms with E-state index in [0.717, 1.165) is 12.8 Å². The molecule has 0 aromatic carbocycles. The normalized spacial score (nSPS) is 10.7. The van der Waals surface area contributed by atoms with E-state index in [1.165, 1.54) is 70.6 Å². The predicted octanol–water partition coefficient (Wildman–Crippen LogP) is 5.73. The third-order valence-corrected chi connectivity index (χ3v) is 3.65. The molecule has 2 radical (unpaired) electrons. The van der Waals surface area contributed by atoms with Gasteiger partial charge in [-0.2, -0.15) is 0 Å². The van der Waals surface area contributed by atoms with Gasteiger partial charge in [0.2, 0.25) is 0 Å². The van der Waals surface area contributed by atoms with Crippen molar-refractivity contribution in [2.75, 3.05) is 0 Å². The van der Waals surface area contributed by atoms with Gasteiger partial charge in [-0.1, -0.05) is 70.4 Å². The van der Waals surface area contributed by atoms with Crippen LogP contribution in [0.3, 0.4) is 0 Å². The summed E-state index contributed by atoms with van der Waals surface area (Å²) in [5.74, 6) is -0.664. The number of hydrogen-bond acceptors (Lipinski definition) is 1. The van der Waals surface area contributed by atoms with Gasteiger partial charge in [0.05, 0.1) is 0 Å². The molecular formula is C18H34O2Te. The van der Waals surface area contributed by atoms with E-state index in [0.29, 0.717) is 6.42 Å². The summed E-state index contributed by atoms with van der Waals surface area (Å²) < 4.78 is 0. The first-order valence-corrected chi connectivity index (χ1v) is 8.64. The number of carboxylic acid groups (broad SMARTS) is 1. The zero-order valence-corrected chi connectivity index (χ0v) is 16.1. The maximum Gasteiger partial charge on any atom is 0.303 e. The van der Waals surface area contributed by atoms with E-state index in [9.17, 15) is 4.79 Å². The van der Waals surface area contributed by atoms with Crippen molar-refractivity contribution < 1.29 is 9.90 Å². The monoisotopic (exact) mass is 412 g/mol. The molecule has 0 spiro atoms. The fourth-order valence-corrected chi connectivity index (χ4v) is 2.35. The maximum atomic E-state index is 10.3. The van der Waals surface area contributed by atoms with Crippen molar-refractivity contribution in [1.82, 2.24) is 0 Å². The number of rotatable bonds is 15. The predicted molar refractivity (Wildman–Crippen MR) is 92.8 cm³/mol. The summed E-state index contributed by atoms with van der Waals surface area (Å²) in [4.78, 5) is 10.3. The van der Waals surface area contributed by atoms with Crippen LogP contribution < -0.4 is 0 Å². The molecule has 1 N–H and O–H groups in total. The van der Waals surface area contributed by atoms with Gasteiger partial charge in [0, 0.05) is 30.1 Å². The zero-order valence-electron chi connectivity index (χ0n) is 13.8. The Morgan fingerprint density at radius 2 is 1.19 bits per heavy atom. The summed E-state index contributed by atoms with van der Waals surface area (Å²) in [6.07, 6.45) is 21.2. The van der Waals surface area contributed by atoms with Gasteiger partial charge < -0.3 is 5.11 Å². The van der Waals surface area contributed by atoms with Gasteiger partial charge in [0.25, 0.3) is 0 Å². The number of carboxylic acids is 1. The van der Waals surface area contributed by atoms with Crippen LogP contribution in [-0.2, 0) is 4.79 Å². The molecule has 3 heteroatoms. The Morgan fingerprint density at radius 3 is 1.67 bits per heavy atom. The number of unbranched alkanes of at least 4 members (excludes halogenated alkanes) is 11. The number of hydrogen-bond donors (Lipinski definition) is 1. The van der Waals surface area contributed by atoms with E-state index in [-0.39, 0.29) is 23.7 Å². The van der Waals surface area contributed by atoms with Gasteiger partial charge in [-0.3, -0.25) is 4.79 Å². The topological polar surface area (TPSA) is 37.3 Å². The standard InChI is InChI=1S/C18H34O2.Te/c1-2-3-4-5-6-7-8-9-10-11-12-13-14-15-16-17-18(19)20;/h9-10H,2-8,11-17H2,1H3,(H,19,20);/b10-9-;. The Kier molecular flexibility index (Phi) is 22.2. The first-order chi connectivity index (χ1) is 9.77. The van der Waals surface area contributed by atoms with E-state index >= 15 is 0 Å². The summed E-state index contributed by atoms with van der Waals surface area (Å²) in [5.41, 5.74) is 0. The Balaban J connectivity index is 0. The van der Waals surface area contributed by atoms with Crippen molar-refractivity contribution in [3.8, 4) is 0 Å². The molecule has 0 unspecified atom stereocenters. The summed E-state index contributed by atoms with van der Waals surface area (Å²) >= 11 is 0. The van der Waals surface area contributed by atoms with Crippen LogP contribution in [0.15, 0.2) is 12.2 Å². The first kappa shape index (κ1) is 23.3. The Labute approximate surface area is 148 Å². The molecule has 0 rings (SSSR count). The molecule has 0 fully saturated rings. The molecule has 21 heavy (non-hydrogen) atoms. The second-order valence-electron chi connectivity index (χ2n) is 5.73. The minimum Gasteiger partial charge on any atom is -0.481 e. The zero-order chi connectivity index (χ0) is 14.9. The van der Waals surface area contributed by atoms with E-state index in [1.54, 1.807) is 0 Å². The SMILES string of the molecule is CCCCCCCC/C=C\CCCCCCCC(=O)O.[Te]. The van der Waals surface area contributed by atoms with Crippen LogP contribution in [0, 0.1) is 0 Å². The summed E-state index contributed by atoms with van der Waals surface area (Å²) in [6, 6.07) is 0. The molecule has 0 aromatic rings. The van der Waals surface area contributed by atoms with Crippen LogP contribution in [0.25, 0.3) is 0 Å². The Bertz CT molecular complexity index is 239. The molecule has 0 saturated heterocycles. The molecule has 0 bridgehead atoms. The van der Waals surface area contributed by atoms with E-state index in [2.05, 4.69) is 19.1 Å². The molecule has 0 aliphatic heterocycles.